The molecule has 0 amide bonds. The summed E-state index contributed by atoms with van der Waals surface area (Å²) in [5, 5.41) is 3.34. The van der Waals surface area contributed by atoms with Crippen LogP contribution in [0.25, 0.3) is 0 Å². The molecule has 0 spiro atoms. The van der Waals surface area contributed by atoms with Crippen LogP contribution in [0.5, 0.6) is 5.75 Å². The van der Waals surface area contributed by atoms with Gasteiger partial charge in [-0.1, -0.05) is 30.3 Å². The number of benzene rings is 2. The topological polar surface area (TPSA) is 21.3 Å². The van der Waals surface area contributed by atoms with Gasteiger partial charge in [0, 0.05) is 18.2 Å². The summed E-state index contributed by atoms with van der Waals surface area (Å²) in [5.74, 6) is 0.703. The van der Waals surface area contributed by atoms with Gasteiger partial charge in [0.05, 0.1) is 6.10 Å². The van der Waals surface area contributed by atoms with Crippen molar-refractivity contribution >= 4 is 0 Å². The maximum absolute atomic E-state index is 13.7. The first-order valence-corrected chi connectivity index (χ1v) is 7.29. The Morgan fingerprint density at radius 2 is 1.67 bits per heavy atom. The second-order valence-electron chi connectivity index (χ2n) is 5.43. The van der Waals surface area contributed by atoms with Gasteiger partial charge in [0.1, 0.15) is 11.6 Å². The van der Waals surface area contributed by atoms with Gasteiger partial charge in [-0.3, -0.25) is 0 Å². The van der Waals surface area contributed by atoms with Crippen molar-refractivity contribution in [2.45, 2.75) is 39.5 Å². The van der Waals surface area contributed by atoms with E-state index in [0.717, 1.165) is 11.3 Å². The first-order chi connectivity index (χ1) is 10.1. The smallest absolute Gasteiger partial charge is 0.127 e. The second kappa shape index (κ2) is 7.23. The first-order valence-electron chi connectivity index (χ1n) is 7.29. The average Bonchev–Trinajstić information content (AvgIpc) is 2.46. The highest BCUT2D eigenvalue weighted by Crippen LogP contribution is 2.18. The lowest BCUT2D eigenvalue weighted by Gasteiger charge is -2.15. The van der Waals surface area contributed by atoms with E-state index in [1.807, 2.05) is 57.2 Å². The van der Waals surface area contributed by atoms with E-state index < -0.39 is 0 Å². The number of rotatable bonds is 6. The van der Waals surface area contributed by atoms with Gasteiger partial charge >= 0.3 is 0 Å². The van der Waals surface area contributed by atoms with Crippen LogP contribution >= 0.6 is 0 Å². The van der Waals surface area contributed by atoms with Crippen LogP contribution < -0.4 is 10.1 Å². The van der Waals surface area contributed by atoms with E-state index in [-0.39, 0.29) is 18.0 Å². The lowest BCUT2D eigenvalue weighted by molar-refractivity contribution is 0.242. The largest absolute Gasteiger partial charge is 0.491 e. The molecule has 0 aliphatic rings. The summed E-state index contributed by atoms with van der Waals surface area (Å²) < 4.78 is 19.3. The van der Waals surface area contributed by atoms with E-state index in [2.05, 4.69) is 5.32 Å². The second-order valence-corrected chi connectivity index (χ2v) is 5.43. The molecule has 3 heteroatoms. The molecule has 1 unspecified atom stereocenters. The molecule has 2 aromatic carbocycles. The quantitative estimate of drug-likeness (QED) is 0.846. The molecular formula is C18H22FNO. The Balaban J connectivity index is 1.92. The van der Waals surface area contributed by atoms with Crippen molar-refractivity contribution < 1.29 is 9.13 Å². The van der Waals surface area contributed by atoms with Gasteiger partial charge in [-0.25, -0.2) is 4.39 Å². The summed E-state index contributed by atoms with van der Waals surface area (Å²) in [6, 6.07) is 14.8. The van der Waals surface area contributed by atoms with Gasteiger partial charge in [-0.2, -0.15) is 0 Å². The standard InChI is InChI=1S/C18H22FNO/c1-13(2)21-16-10-8-15(9-11-16)12-20-14(3)17-6-4-5-7-18(17)19/h4-11,13-14,20H,12H2,1-3H3. The third-order valence-corrected chi connectivity index (χ3v) is 3.28. The lowest BCUT2D eigenvalue weighted by atomic mass is 10.1. The molecule has 0 aliphatic carbocycles. The third kappa shape index (κ3) is 4.57. The van der Waals surface area contributed by atoms with Gasteiger partial charge in [-0.05, 0) is 44.5 Å². The maximum Gasteiger partial charge on any atom is 0.127 e. The molecule has 112 valence electrons. The summed E-state index contributed by atoms with van der Waals surface area (Å²) in [4.78, 5) is 0. The fourth-order valence-corrected chi connectivity index (χ4v) is 2.17. The minimum Gasteiger partial charge on any atom is -0.491 e. The van der Waals surface area contributed by atoms with E-state index in [4.69, 9.17) is 4.74 Å². The van der Waals surface area contributed by atoms with Crippen molar-refractivity contribution in [3.63, 3.8) is 0 Å². The summed E-state index contributed by atoms with van der Waals surface area (Å²) in [6.07, 6.45) is 0.176. The number of ether oxygens (including phenoxy) is 1. The van der Waals surface area contributed by atoms with Crippen molar-refractivity contribution in [3.05, 3.63) is 65.5 Å². The average molecular weight is 287 g/mol. The Labute approximate surface area is 126 Å². The fraction of sp³-hybridized carbons (Fsp3) is 0.333. The molecule has 0 bridgehead atoms. The van der Waals surface area contributed by atoms with Gasteiger partial charge in [-0.15, -0.1) is 0 Å². The van der Waals surface area contributed by atoms with E-state index in [9.17, 15) is 4.39 Å². The van der Waals surface area contributed by atoms with Crippen LogP contribution in [-0.4, -0.2) is 6.10 Å². The van der Waals surface area contributed by atoms with E-state index in [1.54, 1.807) is 6.07 Å². The van der Waals surface area contributed by atoms with Crippen molar-refractivity contribution in [1.29, 1.82) is 0 Å². The number of hydrogen-bond acceptors (Lipinski definition) is 2. The van der Waals surface area contributed by atoms with E-state index in [1.165, 1.54) is 6.07 Å². The zero-order valence-corrected chi connectivity index (χ0v) is 12.8. The molecule has 0 saturated carbocycles. The molecule has 0 aromatic heterocycles. The highest BCUT2D eigenvalue weighted by molar-refractivity contribution is 5.28. The van der Waals surface area contributed by atoms with Crippen LogP contribution in [0.3, 0.4) is 0 Å². The molecule has 2 nitrogen and oxygen atoms in total. The monoisotopic (exact) mass is 287 g/mol. The predicted molar refractivity (Wildman–Crippen MR) is 83.9 cm³/mol. The molecule has 1 N–H and O–H groups in total. The van der Waals surface area contributed by atoms with Gasteiger partial charge in [0.15, 0.2) is 0 Å². The fourth-order valence-electron chi connectivity index (χ4n) is 2.17. The molecule has 0 radical (unpaired) electrons. The van der Waals surface area contributed by atoms with Crippen LogP contribution in [0.4, 0.5) is 4.39 Å². The van der Waals surface area contributed by atoms with Crippen molar-refractivity contribution in [1.82, 2.24) is 5.32 Å². The minimum absolute atomic E-state index is 0.0298. The molecule has 2 rings (SSSR count). The Bertz CT molecular complexity index is 566. The summed E-state index contributed by atoms with van der Waals surface area (Å²) in [5.41, 5.74) is 1.84. The normalized spacial score (nSPS) is 12.4. The zero-order valence-electron chi connectivity index (χ0n) is 12.8. The van der Waals surface area contributed by atoms with Crippen LogP contribution in [0.2, 0.25) is 0 Å². The van der Waals surface area contributed by atoms with Crippen molar-refractivity contribution in [2.24, 2.45) is 0 Å². The molecular weight excluding hydrogens is 265 g/mol. The van der Waals surface area contributed by atoms with Crippen LogP contribution in [0, 0.1) is 5.82 Å². The van der Waals surface area contributed by atoms with Crippen molar-refractivity contribution in [3.8, 4) is 5.75 Å². The molecule has 1 atom stereocenters. The van der Waals surface area contributed by atoms with Crippen molar-refractivity contribution in [2.75, 3.05) is 0 Å². The van der Waals surface area contributed by atoms with E-state index in [0.29, 0.717) is 12.1 Å². The number of hydrogen-bond donors (Lipinski definition) is 1. The molecule has 0 heterocycles. The first kappa shape index (κ1) is 15.5. The van der Waals surface area contributed by atoms with E-state index >= 15 is 0 Å². The number of nitrogens with one attached hydrogen (secondary N) is 1. The van der Waals surface area contributed by atoms with Crippen LogP contribution in [0.1, 0.15) is 37.9 Å². The summed E-state index contributed by atoms with van der Waals surface area (Å²) in [7, 11) is 0. The zero-order chi connectivity index (χ0) is 15.2. The highest BCUT2D eigenvalue weighted by atomic mass is 19.1. The Kier molecular flexibility index (Phi) is 5.34. The maximum atomic E-state index is 13.7. The summed E-state index contributed by atoms with van der Waals surface area (Å²) in [6.45, 7) is 6.67. The SMILES string of the molecule is CC(C)Oc1ccc(CNC(C)c2ccccc2F)cc1. The predicted octanol–water partition coefficient (Wildman–Crippen LogP) is 4.46. The Hall–Kier alpha value is -1.87. The molecule has 21 heavy (non-hydrogen) atoms. The third-order valence-electron chi connectivity index (χ3n) is 3.28. The van der Waals surface area contributed by atoms with Crippen LogP contribution in [-0.2, 0) is 6.54 Å². The Morgan fingerprint density at radius 1 is 1.00 bits per heavy atom. The minimum atomic E-state index is -0.168. The molecule has 2 aromatic rings. The van der Waals surface area contributed by atoms with Gasteiger partial charge in [0.25, 0.3) is 0 Å². The lowest BCUT2D eigenvalue weighted by Crippen LogP contribution is -2.19. The van der Waals surface area contributed by atoms with Gasteiger partial charge < -0.3 is 10.1 Å². The van der Waals surface area contributed by atoms with Gasteiger partial charge in [0.2, 0.25) is 0 Å². The number of halogens is 1. The summed E-state index contributed by atoms with van der Waals surface area (Å²) >= 11 is 0. The molecule has 0 aliphatic heterocycles. The van der Waals surface area contributed by atoms with Crippen LogP contribution in [0.15, 0.2) is 48.5 Å². The molecule has 0 fully saturated rings. The Morgan fingerprint density at radius 3 is 2.29 bits per heavy atom. The molecule has 0 saturated heterocycles. The highest BCUT2D eigenvalue weighted by Gasteiger charge is 2.09.